The predicted octanol–water partition coefficient (Wildman–Crippen LogP) is 20.8. The highest BCUT2D eigenvalue weighted by Gasteiger charge is 2.52. The fourth-order valence-electron chi connectivity index (χ4n) is 14.4. The van der Waals surface area contributed by atoms with Crippen LogP contribution in [-0.2, 0) is 10.8 Å². The van der Waals surface area contributed by atoms with Crippen molar-refractivity contribution in [3.8, 4) is 89.8 Å². The lowest BCUT2D eigenvalue weighted by molar-refractivity contribution is 0.436. The zero-order valence-electron chi connectivity index (χ0n) is 45.2. The summed E-state index contributed by atoms with van der Waals surface area (Å²) in [5.74, 6) is 3.60. The lowest BCUT2D eigenvalue weighted by Gasteiger charge is -2.39. The van der Waals surface area contributed by atoms with E-state index in [0.29, 0.717) is 0 Å². The third-order valence-electron chi connectivity index (χ3n) is 18.1. The third kappa shape index (κ3) is 6.98. The lowest BCUT2D eigenvalue weighted by atomic mass is 9.66. The minimum atomic E-state index is -0.504. The summed E-state index contributed by atoms with van der Waals surface area (Å²) < 4.78 is 13.2. The molecule has 2 aliphatic carbocycles. The first-order chi connectivity index (χ1) is 41.1. The Morgan fingerprint density at radius 3 is 0.807 bits per heavy atom. The van der Waals surface area contributed by atoms with Gasteiger partial charge in [-0.15, -0.1) is 0 Å². The van der Waals surface area contributed by atoms with Gasteiger partial charge in [-0.3, -0.25) is 0 Å². The smallest absolute Gasteiger partial charge is 0.132 e. The van der Waals surface area contributed by atoms with Gasteiger partial charge >= 0.3 is 0 Å². The molecule has 0 saturated carbocycles. The van der Waals surface area contributed by atoms with Gasteiger partial charge in [0.15, 0.2) is 0 Å². The van der Waals surface area contributed by atoms with Crippen molar-refractivity contribution in [1.29, 1.82) is 0 Å². The molecule has 0 aromatic heterocycles. The third-order valence-corrected chi connectivity index (χ3v) is 18.1. The molecule has 0 saturated heterocycles. The number of hydrogen-bond acceptors (Lipinski definition) is 3. The second kappa shape index (κ2) is 18.4. The maximum absolute atomic E-state index is 6.61. The van der Waals surface area contributed by atoms with Crippen molar-refractivity contribution in [2.45, 2.75) is 10.8 Å². The van der Waals surface area contributed by atoms with Crippen molar-refractivity contribution in [3.63, 3.8) is 0 Å². The molecule has 2 heterocycles. The summed E-state index contributed by atoms with van der Waals surface area (Å²) in [6.45, 7) is 0. The summed E-state index contributed by atoms with van der Waals surface area (Å²) in [5, 5.41) is 0. The Kier molecular flexibility index (Phi) is 10.4. The summed E-state index contributed by atoms with van der Waals surface area (Å²) in [6, 6.07) is 113. The van der Waals surface area contributed by atoms with Crippen molar-refractivity contribution in [2.75, 3.05) is 4.90 Å². The van der Waals surface area contributed by atoms with Gasteiger partial charge < -0.3 is 14.4 Å². The van der Waals surface area contributed by atoms with E-state index in [-0.39, 0.29) is 0 Å². The molecule has 0 unspecified atom stereocenters. The van der Waals surface area contributed by atoms with E-state index in [9.17, 15) is 0 Å². The van der Waals surface area contributed by atoms with Gasteiger partial charge in [-0.1, -0.05) is 237 Å². The molecule has 4 aliphatic rings. The van der Waals surface area contributed by atoms with Crippen LogP contribution in [0.5, 0.6) is 23.0 Å². The highest BCUT2D eigenvalue weighted by Crippen LogP contribution is 2.64. The van der Waals surface area contributed by atoms with Gasteiger partial charge in [-0.05, 0) is 162 Å². The molecule has 0 bridgehead atoms. The number of nitrogens with zero attached hydrogens (tertiary/aromatic N) is 1. The molecule has 2 aliphatic heterocycles. The number of para-hydroxylation sites is 4. The Bertz CT molecular complexity index is 4380. The molecule has 2 spiro atoms. The van der Waals surface area contributed by atoms with Crippen molar-refractivity contribution in [2.24, 2.45) is 0 Å². The van der Waals surface area contributed by atoms with Gasteiger partial charge in [-0.25, -0.2) is 0 Å². The number of ether oxygens (including phenoxy) is 2. The molecule has 83 heavy (non-hydrogen) atoms. The van der Waals surface area contributed by atoms with Gasteiger partial charge in [-0.2, -0.15) is 0 Å². The average molecular weight is 1060 g/mol. The van der Waals surface area contributed by atoms with E-state index in [0.717, 1.165) is 51.2 Å². The maximum Gasteiger partial charge on any atom is 0.132 e. The molecule has 0 atom stereocenters. The number of benzene rings is 13. The molecule has 0 radical (unpaired) electrons. The van der Waals surface area contributed by atoms with Crippen LogP contribution >= 0.6 is 0 Å². The van der Waals surface area contributed by atoms with Crippen LogP contribution in [0.15, 0.2) is 309 Å². The van der Waals surface area contributed by atoms with Crippen LogP contribution in [0.1, 0.15) is 44.5 Å². The topological polar surface area (TPSA) is 21.7 Å². The van der Waals surface area contributed by atoms with Crippen LogP contribution in [0.2, 0.25) is 0 Å². The first-order valence-corrected chi connectivity index (χ1v) is 28.6. The van der Waals surface area contributed by atoms with Crippen molar-refractivity contribution < 1.29 is 9.47 Å². The normalized spacial score (nSPS) is 13.7. The Morgan fingerprint density at radius 1 is 0.193 bits per heavy atom. The standard InChI is InChI=1S/C80H51NO2/c1-2-16-52(17-3-1)53-30-32-54(33-31-53)55-34-42-60(43-35-55)81(61-44-36-56(37-45-61)58-40-48-69-65(50-58)63-18-4-6-20-67(63)79(69)71-22-8-12-26-75(71)82-76-27-13-9-23-72(76)79)62-46-38-57(39-47-62)59-41-49-70-66(51-59)64-19-5-7-21-68(64)80(70)73-24-10-14-28-77(73)83-78-29-15-11-25-74(78)80/h1-51H. The molecule has 17 rings (SSSR count). The van der Waals surface area contributed by atoms with Crippen LogP contribution < -0.4 is 14.4 Å². The minimum absolute atomic E-state index is 0.504. The monoisotopic (exact) mass is 1060 g/mol. The molecular formula is C80H51NO2. The Hall–Kier alpha value is -10.7. The Balaban J connectivity index is 0.747. The van der Waals surface area contributed by atoms with Crippen LogP contribution in [0.25, 0.3) is 66.8 Å². The molecule has 3 heteroatoms. The van der Waals surface area contributed by atoms with Crippen molar-refractivity contribution in [3.05, 3.63) is 354 Å². The first kappa shape index (κ1) is 47.1. The van der Waals surface area contributed by atoms with E-state index in [1.165, 1.54) is 100 Å². The van der Waals surface area contributed by atoms with Gasteiger partial charge in [0.2, 0.25) is 0 Å². The van der Waals surface area contributed by atoms with E-state index < -0.39 is 10.8 Å². The average Bonchev–Trinajstić information content (AvgIpc) is 1.83. The van der Waals surface area contributed by atoms with Crippen LogP contribution in [0.4, 0.5) is 17.1 Å². The summed E-state index contributed by atoms with van der Waals surface area (Å²) in [7, 11) is 0. The predicted molar refractivity (Wildman–Crippen MR) is 338 cm³/mol. The highest BCUT2D eigenvalue weighted by atomic mass is 16.5. The molecule has 0 N–H and O–H groups in total. The minimum Gasteiger partial charge on any atom is -0.457 e. The summed E-state index contributed by atoms with van der Waals surface area (Å²) in [5.41, 5.74) is 26.4. The van der Waals surface area contributed by atoms with E-state index in [1.54, 1.807) is 0 Å². The summed E-state index contributed by atoms with van der Waals surface area (Å²) in [6.07, 6.45) is 0. The molecule has 13 aromatic rings. The Labute approximate surface area is 483 Å². The van der Waals surface area contributed by atoms with Crippen molar-refractivity contribution >= 4 is 17.1 Å². The number of rotatable bonds is 7. The van der Waals surface area contributed by atoms with Crippen LogP contribution in [0, 0.1) is 0 Å². The van der Waals surface area contributed by atoms with E-state index in [4.69, 9.17) is 9.47 Å². The molecule has 0 amide bonds. The fourth-order valence-corrected chi connectivity index (χ4v) is 14.4. The molecular weight excluding hydrogens is 1010 g/mol. The van der Waals surface area contributed by atoms with E-state index in [2.05, 4.69) is 314 Å². The largest absolute Gasteiger partial charge is 0.457 e. The summed E-state index contributed by atoms with van der Waals surface area (Å²) in [4.78, 5) is 2.38. The number of hydrogen-bond donors (Lipinski definition) is 0. The molecule has 388 valence electrons. The Morgan fingerprint density at radius 2 is 0.446 bits per heavy atom. The quantitative estimate of drug-likeness (QED) is 0.159. The number of anilines is 3. The van der Waals surface area contributed by atoms with E-state index in [1.807, 2.05) is 0 Å². The van der Waals surface area contributed by atoms with Gasteiger partial charge in [0.25, 0.3) is 0 Å². The SMILES string of the molecule is c1ccc(-c2ccc(-c3ccc(N(c4ccc(-c5ccc6c(c5)-c5ccccc5C65c6ccccc6Oc6ccccc65)cc4)c4ccc(-c5ccc6c(c5)-c5ccccc5C65c6ccccc6Oc6ccccc65)cc4)cc3)cc2)cc1. The molecule has 0 fully saturated rings. The maximum atomic E-state index is 6.61. The molecule has 3 nitrogen and oxygen atoms in total. The second-order valence-corrected chi connectivity index (χ2v) is 22.2. The van der Waals surface area contributed by atoms with E-state index >= 15 is 0 Å². The van der Waals surface area contributed by atoms with Gasteiger partial charge in [0, 0.05) is 39.3 Å². The van der Waals surface area contributed by atoms with Crippen molar-refractivity contribution in [1.82, 2.24) is 0 Å². The second-order valence-electron chi connectivity index (χ2n) is 22.2. The molecule has 13 aromatic carbocycles. The highest BCUT2D eigenvalue weighted by molar-refractivity contribution is 5.93. The van der Waals surface area contributed by atoms with Gasteiger partial charge in [0.1, 0.15) is 23.0 Å². The summed E-state index contributed by atoms with van der Waals surface area (Å²) >= 11 is 0. The first-order valence-electron chi connectivity index (χ1n) is 28.6. The van der Waals surface area contributed by atoms with Gasteiger partial charge in [0.05, 0.1) is 10.8 Å². The van der Waals surface area contributed by atoms with Crippen LogP contribution in [-0.4, -0.2) is 0 Å². The van der Waals surface area contributed by atoms with Crippen LogP contribution in [0.3, 0.4) is 0 Å². The lowest BCUT2D eigenvalue weighted by Crippen LogP contribution is -2.32. The fraction of sp³-hybridized carbons (Fsp3) is 0.0250. The zero-order chi connectivity index (χ0) is 54.6. The number of fused-ring (bicyclic) bond motifs is 18. The zero-order valence-corrected chi connectivity index (χ0v) is 45.2.